The zero-order valence-corrected chi connectivity index (χ0v) is 13.4. The van der Waals surface area contributed by atoms with Gasteiger partial charge in [-0.2, -0.15) is 0 Å². The fourth-order valence-electron chi connectivity index (χ4n) is 1.99. The summed E-state index contributed by atoms with van der Waals surface area (Å²) in [7, 11) is 0. The average molecular weight is 333 g/mol. The van der Waals surface area contributed by atoms with E-state index >= 15 is 0 Å². The number of aryl methyl sites for hydroxylation is 1. The lowest BCUT2D eigenvalue weighted by Crippen LogP contribution is -2.34. The number of amides is 2. The van der Waals surface area contributed by atoms with E-state index in [1.54, 1.807) is 49.4 Å². The van der Waals surface area contributed by atoms with Crippen LogP contribution in [0.4, 0.5) is 0 Å². The summed E-state index contributed by atoms with van der Waals surface area (Å²) in [6, 6.07) is 11.5. The number of hydrogen-bond acceptors (Lipinski definition) is 3. The zero-order chi connectivity index (χ0) is 16.8. The molecule has 0 heterocycles. The Balaban J connectivity index is 1.81. The third-order valence-electron chi connectivity index (χ3n) is 3.28. The monoisotopic (exact) mass is 332 g/mol. The zero-order valence-electron chi connectivity index (χ0n) is 12.6. The van der Waals surface area contributed by atoms with E-state index in [2.05, 4.69) is 10.6 Å². The van der Waals surface area contributed by atoms with Crippen molar-refractivity contribution in [3.05, 3.63) is 64.2 Å². The van der Waals surface area contributed by atoms with Gasteiger partial charge in [0.25, 0.3) is 11.8 Å². The first-order valence-corrected chi connectivity index (χ1v) is 7.47. The lowest BCUT2D eigenvalue weighted by atomic mass is 10.1. The molecule has 0 saturated heterocycles. The number of halogens is 1. The number of hydrogen-bond donors (Lipinski definition) is 3. The summed E-state index contributed by atoms with van der Waals surface area (Å²) in [4.78, 5) is 23.8. The second-order valence-electron chi connectivity index (χ2n) is 4.99. The van der Waals surface area contributed by atoms with Crippen molar-refractivity contribution in [3.63, 3.8) is 0 Å². The smallest absolute Gasteiger partial charge is 0.255 e. The number of phenolic OH excluding ortho intramolecular Hbond substituents is 1. The van der Waals surface area contributed by atoms with Crippen molar-refractivity contribution in [1.29, 1.82) is 0 Å². The minimum absolute atomic E-state index is 0.0322. The highest BCUT2D eigenvalue weighted by Crippen LogP contribution is 2.20. The van der Waals surface area contributed by atoms with E-state index in [1.807, 2.05) is 0 Å². The SMILES string of the molecule is Cc1cccc(C(=O)NCCNC(=O)c2ccc(Cl)cc2)c1O. The molecule has 2 rings (SSSR count). The average Bonchev–Trinajstić information content (AvgIpc) is 2.54. The fraction of sp³-hybridized carbons (Fsp3) is 0.176. The Kier molecular flexibility index (Phi) is 5.60. The minimum atomic E-state index is -0.382. The second kappa shape index (κ2) is 7.65. The molecule has 0 aliphatic carbocycles. The minimum Gasteiger partial charge on any atom is -0.507 e. The molecular weight excluding hydrogens is 316 g/mol. The molecule has 0 aromatic heterocycles. The van der Waals surface area contributed by atoms with Crippen molar-refractivity contribution >= 4 is 23.4 Å². The molecule has 0 unspecified atom stereocenters. The quantitative estimate of drug-likeness (QED) is 0.736. The molecule has 0 aliphatic rings. The summed E-state index contributed by atoms with van der Waals surface area (Å²) in [5.41, 5.74) is 1.35. The van der Waals surface area contributed by atoms with Crippen molar-refractivity contribution in [2.24, 2.45) is 0 Å². The van der Waals surface area contributed by atoms with E-state index < -0.39 is 0 Å². The van der Waals surface area contributed by atoms with Gasteiger partial charge in [-0.25, -0.2) is 0 Å². The first-order chi connectivity index (χ1) is 11.0. The molecule has 0 saturated carbocycles. The first kappa shape index (κ1) is 16.8. The maximum atomic E-state index is 12.0. The molecule has 23 heavy (non-hydrogen) atoms. The molecular formula is C17H17ClN2O3. The highest BCUT2D eigenvalue weighted by Gasteiger charge is 2.12. The molecule has 0 fully saturated rings. The summed E-state index contributed by atoms with van der Waals surface area (Å²) < 4.78 is 0. The van der Waals surface area contributed by atoms with Gasteiger partial charge in [-0.1, -0.05) is 23.7 Å². The summed E-state index contributed by atoms with van der Waals surface area (Å²) in [5.74, 6) is -0.656. The Morgan fingerprint density at radius 1 is 1.00 bits per heavy atom. The molecule has 5 nitrogen and oxygen atoms in total. The predicted molar refractivity (Wildman–Crippen MR) is 89.0 cm³/mol. The van der Waals surface area contributed by atoms with Crippen molar-refractivity contribution < 1.29 is 14.7 Å². The molecule has 0 atom stereocenters. The van der Waals surface area contributed by atoms with E-state index in [0.29, 0.717) is 16.1 Å². The molecule has 2 aromatic rings. The summed E-state index contributed by atoms with van der Waals surface area (Å²) in [6.45, 7) is 2.25. The number of rotatable bonds is 5. The Hall–Kier alpha value is -2.53. The van der Waals surface area contributed by atoms with E-state index in [9.17, 15) is 14.7 Å². The van der Waals surface area contributed by atoms with Crippen LogP contribution in [-0.4, -0.2) is 30.0 Å². The molecule has 120 valence electrons. The van der Waals surface area contributed by atoms with Gasteiger partial charge in [0.15, 0.2) is 0 Å². The van der Waals surface area contributed by atoms with Crippen LogP contribution >= 0.6 is 11.6 Å². The van der Waals surface area contributed by atoms with Crippen LogP contribution in [0.1, 0.15) is 26.3 Å². The molecule has 0 bridgehead atoms. The molecule has 3 N–H and O–H groups in total. The van der Waals surface area contributed by atoms with Crippen LogP contribution in [-0.2, 0) is 0 Å². The van der Waals surface area contributed by atoms with Gasteiger partial charge >= 0.3 is 0 Å². The summed E-state index contributed by atoms with van der Waals surface area (Å²) in [5, 5.41) is 15.7. The van der Waals surface area contributed by atoms with Crippen molar-refractivity contribution in [2.75, 3.05) is 13.1 Å². The highest BCUT2D eigenvalue weighted by atomic mass is 35.5. The number of benzene rings is 2. The van der Waals surface area contributed by atoms with Crippen molar-refractivity contribution in [3.8, 4) is 5.75 Å². The number of phenols is 1. The van der Waals surface area contributed by atoms with Crippen LogP contribution in [0.5, 0.6) is 5.75 Å². The van der Waals surface area contributed by atoms with Gasteiger partial charge in [-0.15, -0.1) is 0 Å². The van der Waals surface area contributed by atoms with Gasteiger partial charge in [0, 0.05) is 23.7 Å². The van der Waals surface area contributed by atoms with Crippen LogP contribution in [0.15, 0.2) is 42.5 Å². The van der Waals surface area contributed by atoms with Crippen LogP contribution in [0, 0.1) is 6.92 Å². The number of aromatic hydroxyl groups is 1. The lowest BCUT2D eigenvalue weighted by molar-refractivity contribution is 0.0926. The second-order valence-corrected chi connectivity index (χ2v) is 5.43. The number of para-hydroxylation sites is 1. The van der Waals surface area contributed by atoms with Crippen LogP contribution in [0.2, 0.25) is 5.02 Å². The largest absolute Gasteiger partial charge is 0.507 e. The molecule has 0 spiro atoms. The number of carbonyl (C=O) groups excluding carboxylic acids is 2. The lowest BCUT2D eigenvalue weighted by Gasteiger charge is -2.09. The third kappa shape index (κ3) is 4.47. The van der Waals surface area contributed by atoms with Crippen LogP contribution in [0.3, 0.4) is 0 Å². The highest BCUT2D eigenvalue weighted by molar-refractivity contribution is 6.30. The number of nitrogens with one attached hydrogen (secondary N) is 2. The summed E-state index contributed by atoms with van der Waals surface area (Å²) >= 11 is 5.76. The maximum absolute atomic E-state index is 12.0. The van der Waals surface area contributed by atoms with Gasteiger partial charge in [-0.05, 0) is 42.8 Å². The van der Waals surface area contributed by atoms with Crippen molar-refractivity contribution in [2.45, 2.75) is 6.92 Å². The molecule has 6 heteroatoms. The van der Waals surface area contributed by atoms with Gasteiger partial charge < -0.3 is 15.7 Å². The summed E-state index contributed by atoms with van der Waals surface area (Å²) in [6.07, 6.45) is 0. The Morgan fingerprint density at radius 3 is 2.26 bits per heavy atom. The Morgan fingerprint density at radius 2 is 1.61 bits per heavy atom. The molecule has 0 aliphatic heterocycles. The third-order valence-corrected chi connectivity index (χ3v) is 3.54. The topological polar surface area (TPSA) is 78.4 Å². The van der Waals surface area contributed by atoms with Crippen LogP contribution in [0.25, 0.3) is 0 Å². The van der Waals surface area contributed by atoms with E-state index in [1.165, 1.54) is 0 Å². The Labute approximate surface area is 139 Å². The van der Waals surface area contributed by atoms with E-state index in [4.69, 9.17) is 11.6 Å². The van der Waals surface area contributed by atoms with E-state index in [-0.39, 0.29) is 36.2 Å². The van der Waals surface area contributed by atoms with Gasteiger partial charge in [0.05, 0.1) is 5.56 Å². The van der Waals surface area contributed by atoms with Crippen molar-refractivity contribution in [1.82, 2.24) is 10.6 Å². The van der Waals surface area contributed by atoms with Gasteiger partial charge in [0.1, 0.15) is 5.75 Å². The predicted octanol–water partition coefficient (Wildman–Crippen LogP) is 2.51. The Bertz CT molecular complexity index is 714. The van der Waals surface area contributed by atoms with Gasteiger partial charge in [0.2, 0.25) is 0 Å². The molecule has 2 amide bonds. The standard InChI is InChI=1S/C17H17ClN2O3/c1-11-3-2-4-14(15(11)21)17(23)20-10-9-19-16(22)12-5-7-13(18)8-6-12/h2-8,21H,9-10H2,1H3,(H,19,22)(H,20,23). The molecule has 2 aromatic carbocycles. The normalized spacial score (nSPS) is 10.2. The fourth-order valence-corrected chi connectivity index (χ4v) is 2.12. The maximum Gasteiger partial charge on any atom is 0.255 e. The van der Waals surface area contributed by atoms with Crippen LogP contribution < -0.4 is 10.6 Å². The van der Waals surface area contributed by atoms with Gasteiger partial charge in [-0.3, -0.25) is 9.59 Å². The van der Waals surface area contributed by atoms with E-state index in [0.717, 1.165) is 0 Å². The number of carbonyl (C=O) groups is 2. The molecule has 0 radical (unpaired) electrons. The first-order valence-electron chi connectivity index (χ1n) is 7.09.